The Bertz CT molecular complexity index is 455. The van der Waals surface area contributed by atoms with Crippen LogP contribution in [-0.2, 0) is 9.59 Å². The smallest absolute Gasteiger partial charge is 0.305 e. The highest BCUT2D eigenvalue weighted by Crippen LogP contribution is 2.00. The third kappa shape index (κ3) is 5.55. The van der Waals surface area contributed by atoms with Crippen LogP contribution in [-0.4, -0.2) is 35.5 Å². The van der Waals surface area contributed by atoms with Crippen molar-refractivity contribution in [3.05, 3.63) is 24.2 Å². The zero-order valence-electron chi connectivity index (χ0n) is 11.2. The molecule has 0 spiro atoms. The predicted molar refractivity (Wildman–Crippen MR) is 70.1 cm³/mol. The summed E-state index contributed by atoms with van der Waals surface area (Å²) in [5.74, 6) is -1.56. The summed E-state index contributed by atoms with van der Waals surface area (Å²) in [6.45, 7) is 1.98. The summed E-state index contributed by atoms with van der Waals surface area (Å²) < 4.78 is 4.77. The lowest BCUT2D eigenvalue weighted by atomic mass is 10.1. The van der Waals surface area contributed by atoms with E-state index in [2.05, 4.69) is 10.6 Å². The van der Waals surface area contributed by atoms with Crippen LogP contribution in [0.5, 0.6) is 0 Å². The lowest BCUT2D eigenvalue weighted by Gasteiger charge is -2.14. The summed E-state index contributed by atoms with van der Waals surface area (Å²) in [5.41, 5.74) is 0.391. The molecule has 0 saturated carbocycles. The molecule has 1 unspecified atom stereocenters. The standard InChI is InChI=1S/C13H18N2O5/c1-2-10(7-12(17)18)15-11(16)3-5-14-13(19)9-4-6-20-8-9/h4,6,8,10H,2-3,5,7H2,1H3,(H,14,19)(H,15,16)(H,17,18). The number of rotatable bonds is 8. The first-order valence-corrected chi connectivity index (χ1v) is 6.34. The first-order valence-electron chi connectivity index (χ1n) is 6.34. The molecule has 0 aliphatic carbocycles. The van der Waals surface area contributed by atoms with Gasteiger partial charge in [0.05, 0.1) is 18.2 Å². The van der Waals surface area contributed by atoms with Gasteiger partial charge < -0.3 is 20.2 Å². The second-order valence-corrected chi connectivity index (χ2v) is 4.29. The molecular weight excluding hydrogens is 264 g/mol. The van der Waals surface area contributed by atoms with Crippen LogP contribution in [0, 0.1) is 0 Å². The number of hydrogen-bond acceptors (Lipinski definition) is 4. The zero-order chi connectivity index (χ0) is 15.0. The highest BCUT2D eigenvalue weighted by atomic mass is 16.4. The second-order valence-electron chi connectivity index (χ2n) is 4.29. The van der Waals surface area contributed by atoms with Crippen molar-refractivity contribution in [2.24, 2.45) is 0 Å². The van der Waals surface area contributed by atoms with E-state index in [0.29, 0.717) is 12.0 Å². The quantitative estimate of drug-likeness (QED) is 0.652. The van der Waals surface area contributed by atoms with E-state index < -0.39 is 5.97 Å². The molecule has 3 N–H and O–H groups in total. The number of furan rings is 1. The van der Waals surface area contributed by atoms with Crippen LogP contribution >= 0.6 is 0 Å². The molecule has 2 amide bonds. The Kier molecular flexibility index (Phi) is 6.28. The topological polar surface area (TPSA) is 109 Å². The average Bonchev–Trinajstić information content (AvgIpc) is 2.91. The fourth-order valence-corrected chi connectivity index (χ4v) is 1.59. The molecule has 20 heavy (non-hydrogen) atoms. The van der Waals surface area contributed by atoms with E-state index in [1.54, 1.807) is 6.92 Å². The molecule has 1 rings (SSSR count). The van der Waals surface area contributed by atoms with E-state index >= 15 is 0 Å². The van der Waals surface area contributed by atoms with Gasteiger partial charge in [-0.05, 0) is 12.5 Å². The van der Waals surface area contributed by atoms with Gasteiger partial charge in [0, 0.05) is 19.0 Å². The van der Waals surface area contributed by atoms with Gasteiger partial charge in [-0.3, -0.25) is 14.4 Å². The van der Waals surface area contributed by atoms with Crippen LogP contribution in [0.4, 0.5) is 0 Å². The molecule has 1 atom stereocenters. The molecule has 0 radical (unpaired) electrons. The maximum Gasteiger partial charge on any atom is 0.305 e. The van der Waals surface area contributed by atoms with E-state index in [1.165, 1.54) is 18.6 Å². The van der Waals surface area contributed by atoms with Gasteiger partial charge in [-0.15, -0.1) is 0 Å². The molecule has 0 aromatic carbocycles. The first kappa shape index (κ1) is 15.7. The van der Waals surface area contributed by atoms with E-state index in [0.717, 1.165) is 0 Å². The molecule has 1 aromatic heterocycles. The highest BCUT2D eigenvalue weighted by Gasteiger charge is 2.14. The number of amides is 2. The molecule has 7 heteroatoms. The van der Waals surface area contributed by atoms with E-state index in [4.69, 9.17) is 9.52 Å². The van der Waals surface area contributed by atoms with Gasteiger partial charge in [0.25, 0.3) is 5.91 Å². The number of carboxylic acids is 1. The molecule has 7 nitrogen and oxygen atoms in total. The Hall–Kier alpha value is -2.31. The summed E-state index contributed by atoms with van der Waals surface area (Å²) in [6.07, 6.45) is 3.23. The number of hydrogen-bond donors (Lipinski definition) is 3. The largest absolute Gasteiger partial charge is 0.481 e. The lowest BCUT2D eigenvalue weighted by Crippen LogP contribution is -2.38. The van der Waals surface area contributed by atoms with E-state index in [9.17, 15) is 14.4 Å². The fraction of sp³-hybridized carbons (Fsp3) is 0.462. The van der Waals surface area contributed by atoms with Crippen molar-refractivity contribution < 1.29 is 23.9 Å². The minimum absolute atomic E-state index is 0.0969. The molecule has 110 valence electrons. The van der Waals surface area contributed by atoms with Crippen LogP contribution in [0.1, 0.15) is 36.5 Å². The highest BCUT2D eigenvalue weighted by molar-refractivity contribution is 5.94. The summed E-state index contributed by atoms with van der Waals surface area (Å²) in [4.78, 5) is 33.7. The Balaban J connectivity index is 2.25. The number of carbonyl (C=O) groups is 3. The summed E-state index contributed by atoms with van der Waals surface area (Å²) >= 11 is 0. The molecular formula is C13H18N2O5. The molecule has 0 saturated heterocycles. The van der Waals surface area contributed by atoms with Crippen LogP contribution in [0.2, 0.25) is 0 Å². The van der Waals surface area contributed by atoms with Crippen LogP contribution < -0.4 is 10.6 Å². The van der Waals surface area contributed by atoms with Gasteiger partial charge in [-0.25, -0.2) is 0 Å². The third-order valence-electron chi connectivity index (χ3n) is 2.70. The van der Waals surface area contributed by atoms with Gasteiger partial charge in [0.1, 0.15) is 6.26 Å². The molecule has 0 aliphatic heterocycles. The van der Waals surface area contributed by atoms with Crippen molar-refractivity contribution in [3.63, 3.8) is 0 Å². The van der Waals surface area contributed by atoms with Crippen molar-refractivity contribution in [1.82, 2.24) is 10.6 Å². The lowest BCUT2D eigenvalue weighted by molar-refractivity contribution is -0.137. The Labute approximate surface area is 116 Å². The van der Waals surface area contributed by atoms with Gasteiger partial charge in [0.2, 0.25) is 5.91 Å². The Morgan fingerprint density at radius 1 is 1.40 bits per heavy atom. The van der Waals surface area contributed by atoms with Crippen LogP contribution in [0.15, 0.2) is 23.0 Å². The van der Waals surface area contributed by atoms with Gasteiger partial charge in [-0.1, -0.05) is 6.92 Å². The molecule has 1 heterocycles. The molecule has 0 bridgehead atoms. The van der Waals surface area contributed by atoms with Crippen molar-refractivity contribution >= 4 is 17.8 Å². The van der Waals surface area contributed by atoms with Crippen molar-refractivity contribution in [1.29, 1.82) is 0 Å². The first-order chi connectivity index (χ1) is 9.52. The maximum absolute atomic E-state index is 11.6. The second kappa shape index (κ2) is 7.98. The third-order valence-corrected chi connectivity index (χ3v) is 2.70. The Morgan fingerprint density at radius 2 is 2.15 bits per heavy atom. The predicted octanol–water partition coefficient (Wildman–Crippen LogP) is 0.769. The number of carboxylic acid groups (broad SMARTS) is 1. The van der Waals surface area contributed by atoms with Crippen molar-refractivity contribution in [2.45, 2.75) is 32.2 Å². The Morgan fingerprint density at radius 3 is 2.70 bits per heavy atom. The molecule has 1 aromatic rings. The SMILES string of the molecule is CCC(CC(=O)O)NC(=O)CCNC(=O)c1ccoc1. The van der Waals surface area contributed by atoms with Crippen molar-refractivity contribution in [2.75, 3.05) is 6.54 Å². The fourth-order valence-electron chi connectivity index (χ4n) is 1.59. The monoisotopic (exact) mass is 282 g/mol. The van der Waals surface area contributed by atoms with Gasteiger partial charge in [-0.2, -0.15) is 0 Å². The van der Waals surface area contributed by atoms with E-state index in [-0.39, 0.29) is 37.2 Å². The normalized spacial score (nSPS) is 11.7. The van der Waals surface area contributed by atoms with Gasteiger partial charge >= 0.3 is 5.97 Å². The number of aliphatic carboxylic acids is 1. The molecule has 0 aliphatic rings. The van der Waals surface area contributed by atoms with Crippen LogP contribution in [0.25, 0.3) is 0 Å². The molecule has 0 fully saturated rings. The zero-order valence-corrected chi connectivity index (χ0v) is 11.2. The summed E-state index contributed by atoms with van der Waals surface area (Å²) in [6, 6.07) is 1.14. The minimum atomic E-state index is -0.953. The summed E-state index contributed by atoms with van der Waals surface area (Å²) in [7, 11) is 0. The summed E-state index contributed by atoms with van der Waals surface area (Å²) in [5, 5.41) is 13.9. The number of nitrogens with one attached hydrogen (secondary N) is 2. The number of carbonyl (C=O) groups excluding carboxylic acids is 2. The van der Waals surface area contributed by atoms with E-state index in [1.807, 2.05) is 0 Å². The maximum atomic E-state index is 11.6. The average molecular weight is 282 g/mol. The minimum Gasteiger partial charge on any atom is -0.481 e. The van der Waals surface area contributed by atoms with Gasteiger partial charge in [0.15, 0.2) is 0 Å². The van der Waals surface area contributed by atoms with Crippen LogP contribution in [0.3, 0.4) is 0 Å². The van der Waals surface area contributed by atoms with Crippen molar-refractivity contribution in [3.8, 4) is 0 Å².